The van der Waals surface area contributed by atoms with Gasteiger partial charge in [0.15, 0.2) is 0 Å². The molecule has 0 atom stereocenters. The number of nitrogen functional groups attached to an aromatic ring is 1. The number of hydrogen-bond donors (Lipinski definition) is 2. The van der Waals surface area contributed by atoms with Crippen LogP contribution in [0.3, 0.4) is 0 Å². The normalized spacial score (nSPS) is 13.4. The predicted molar refractivity (Wildman–Crippen MR) is 159 cm³/mol. The van der Waals surface area contributed by atoms with Crippen molar-refractivity contribution in [2.75, 3.05) is 17.6 Å². The number of para-hydroxylation sites is 1. The number of rotatable bonds is 7. The lowest BCUT2D eigenvalue weighted by molar-refractivity contribution is 0.103. The zero-order valence-corrected chi connectivity index (χ0v) is 22.5. The molecule has 2 aromatic heterocycles. The van der Waals surface area contributed by atoms with E-state index in [4.69, 9.17) is 10.7 Å². The number of hydrogen-bond acceptors (Lipinski definition) is 6. The van der Waals surface area contributed by atoms with Crippen molar-refractivity contribution in [3.63, 3.8) is 0 Å². The van der Waals surface area contributed by atoms with Gasteiger partial charge in [-0.3, -0.25) is 9.69 Å². The number of nitrogens with two attached hydrogens (primary N) is 1. The maximum absolute atomic E-state index is 13.4. The molecule has 0 saturated heterocycles. The lowest BCUT2D eigenvalue weighted by Gasteiger charge is -2.28. The van der Waals surface area contributed by atoms with Crippen LogP contribution in [-0.4, -0.2) is 22.3 Å². The maximum Gasteiger partial charge on any atom is 0.267 e. The Kier molecular flexibility index (Phi) is 7.14. The second kappa shape index (κ2) is 11.0. The summed E-state index contributed by atoms with van der Waals surface area (Å²) in [5, 5.41) is 3.97. The zero-order chi connectivity index (χ0) is 25.9. The van der Waals surface area contributed by atoms with E-state index in [9.17, 15) is 4.79 Å². The summed E-state index contributed by atoms with van der Waals surface area (Å²) in [7, 11) is 0. The first-order valence-electron chi connectivity index (χ1n) is 12.7. The minimum atomic E-state index is -0.193. The molecule has 1 aliphatic rings. The lowest BCUT2D eigenvalue weighted by Crippen LogP contribution is -2.30. The van der Waals surface area contributed by atoms with Crippen LogP contribution in [0.2, 0.25) is 0 Å². The number of aromatic nitrogens is 1. The smallest absolute Gasteiger partial charge is 0.267 e. The molecule has 1 aliphatic heterocycles. The van der Waals surface area contributed by atoms with Gasteiger partial charge in [0.2, 0.25) is 0 Å². The van der Waals surface area contributed by atoms with Crippen molar-refractivity contribution < 1.29 is 4.79 Å². The SMILES string of the molecule is Nc1c(C(=O)Nc2ccccc2SCc2ccccc2)sc2nc3c(cc12)CN(Cc1ccccc1)CC3. The molecule has 190 valence electrons. The van der Waals surface area contributed by atoms with Gasteiger partial charge in [-0.05, 0) is 34.9 Å². The van der Waals surface area contributed by atoms with Crippen molar-refractivity contribution in [2.24, 2.45) is 0 Å². The molecule has 3 heterocycles. The summed E-state index contributed by atoms with van der Waals surface area (Å²) in [6.45, 7) is 2.70. The summed E-state index contributed by atoms with van der Waals surface area (Å²) >= 11 is 3.08. The first-order chi connectivity index (χ1) is 18.6. The van der Waals surface area contributed by atoms with E-state index < -0.39 is 0 Å². The van der Waals surface area contributed by atoms with Crippen molar-refractivity contribution in [2.45, 2.75) is 30.2 Å². The topological polar surface area (TPSA) is 71.2 Å². The van der Waals surface area contributed by atoms with Crippen molar-refractivity contribution in [3.8, 4) is 0 Å². The van der Waals surface area contributed by atoms with Crippen molar-refractivity contribution in [3.05, 3.63) is 118 Å². The van der Waals surface area contributed by atoms with Crippen LogP contribution in [0.5, 0.6) is 0 Å². The number of fused-ring (bicyclic) bond motifs is 2. The first kappa shape index (κ1) is 24.7. The Balaban J connectivity index is 1.20. The molecule has 0 saturated carbocycles. The Morgan fingerprint density at radius 2 is 1.68 bits per heavy atom. The van der Waals surface area contributed by atoms with E-state index in [0.717, 1.165) is 58.3 Å². The molecule has 5 aromatic rings. The summed E-state index contributed by atoms with van der Waals surface area (Å²) in [5.74, 6) is 0.636. The molecule has 0 aliphatic carbocycles. The number of amides is 1. The molecule has 0 bridgehead atoms. The van der Waals surface area contributed by atoms with E-state index in [-0.39, 0.29) is 5.91 Å². The van der Waals surface area contributed by atoms with Gasteiger partial charge in [0, 0.05) is 47.8 Å². The van der Waals surface area contributed by atoms with Crippen LogP contribution in [0, 0.1) is 0 Å². The number of thioether (sulfide) groups is 1. The first-order valence-corrected chi connectivity index (χ1v) is 14.5. The minimum Gasteiger partial charge on any atom is -0.397 e. The molecule has 0 radical (unpaired) electrons. The summed E-state index contributed by atoms with van der Waals surface area (Å²) in [5.41, 5.74) is 12.7. The number of pyridine rings is 1. The molecule has 0 fully saturated rings. The van der Waals surface area contributed by atoms with Gasteiger partial charge in [0.25, 0.3) is 5.91 Å². The molecule has 7 heteroatoms. The monoisotopic (exact) mass is 536 g/mol. The third-order valence-corrected chi connectivity index (χ3v) is 9.03. The minimum absolute atomic E-state index is 0.193. The third-order valence-electron chi connectivity index (χ3n) is 6.78. The van der Waals surface area contributed by atoms with E-state index in [1.54, 1.807) is 11.8 Å². The largest absolute Gasteiger partial charge is 0.397 e. The van der Waals surface area contributed by atoms with Crippen LogP contribution < -0.4 is 11.1 Å². The highest BCUT2D eigenvalue weighted by Crippen LogP contribution is 2.37. The quantitative estimate of drug-likeness (QED) is 0.220. The Bertz CT molecular complexity index is 1580. The van der Waals surface area contributed by atoms with Crippen LogP contribution in [0.4, 0.5) is 11.4 Å². The van der Waals surface area contributed by atoms with Gasteiger partial charge in [0.1, 0.15) is 9.71 Å². The molecule has 6 rings (SSSR count). The van der Waals surface area contributed by atoms with Gasteiger partial charge in [-0.15, -0.1) is 23.1 Å². The number of anilines is 2. The van der Waals surface area contributed by atoms with E-state index in [2.05, 4.69) is 52.7 Å². The van der Waals surface area contributed by atoms with E-state index in [1.807, 2.05) is 48.5 Å². The van der Waals surface area contributed by atoms with Gasteiger partial charge >= 0.3 is 0 Å². The molecule has 0 spiro atoms. The van der Waals surface area contributed by atoms with Gasteiger partial charge in [-0.1, -0.05) is 72.8 Å². The summed E-state index contributed by atoms with van der Waals surface area (Å²) in [4.78, 5) is 23.1. The fourth-order valence-electron chi connectivity index (χ4n) is 4.81. The van der Waals surface area contributed by atoms with Crippen LogP contribution >= 0.6 is 23.1 Å². The van der Waals surface area contributed by atoms with Crippen molar-refractivity contribution >= 4 is 50.6 Å². The second-order valence-corrected chi connectivity index (χ2v) is 11.5. The molecular formula is C31H28N4OS2. The predicted octanol–water partition coefficient (Wildman–Crippen LogP) is 6.98. The number of benzene rings is 3. The van der Waals surface area contributed by atoms with Gasteiger partial charge in [-0.2, -0.15) is 0 Å². The van der Waals surface area contributed by atoms with E-state index in [1.165, 1.54) is 28.0 Å². The summed E-state index contributed by atoms with van der Waals surface area (Å²) < 4.78 is 0. The van der Waals surface area contributed by atoms with Crippen molar-refractivity contribution in [1.29, 1.82) is 0 Å². The number of carbonyl (C=O) groups is 1. The molecule has 5 nitrogen and oxygen atoms in total. The van der Waals surface area contributed by atoms with E-state index >= 15 is 0 Å². The fourth-order valence-corrected chi connectivity index (χ4v) is 6.77. The molecule has 38 heavy (non-hydrogen) atoms. The third kappa shape index (κ3) is 5.31. The van der Waals surface area contributed by atoms with Crippen LogP contribution in [0.1, 0.15) is 32.1 Å². The van der Waals surface area contributed by atoms with Crippen molar-refractivity contribution in [1.82, 2.24) is 9.88 Å². The molecule has 0 unspecified atom stereocenters. The molecule has 3 N–H and O–H groups in total. The van der Waals surface area contributed by atoms with Gasteiger partial charge in [-0.25, -0.2) is 4.98 Å². The van der Waals surface area contributed by atoms with Gasteiger partial charge in [0.05, 0.1) is 11.4 Å². The fraction of sp³-hybridized carbons (Fsp3) is 0.161. The lowest BCUT2D eigenvalue weighted by atomic mass is 10.0. The Morgan fingerprint density at radius 3 is 2.47 bits per heavy atom. The van der Waals surface area contributed by atoms with Crippen LogP contribution in [-0.2, 0) is 25.3 Å². The Labute approximate surface area is 230 Å². The van der Waals surface area contributed by atoms with E-state index in [0.29, 0.717) is 10.6 Å². The number of nitrogens with one attached hydrogen (secondary N) is 1. The Morgan fingerprint density at radius 1 is 0.974 bits per heavy atom. The summed E-state index contributed by atoms with van der Waals surface area (Å²) in [6.07, 6.45) is 0.892. The Hall–Kier alpha value is -3.65. The van der Waals surface area contributed by atoms with Crippen LogP contribution in [0.25, 0.3) is 10.2 Å². The van der Waals surface area contributed by atoms with Crippen LogP contribution in [0.15, 0.2) is 95.9 Å². The highest BCUT2D eigenvalue weighted by molar-refractivity contribution is 7.98. The number of carbonyl (C=O) groups excluding carboxylic acids is 1. The summed E-state index contributed by atoms with van der Waals surface area (Å²) in [6, 6.07) is 30.9. The highest BCUT2D eigenvalue weighted by atomic mass is 32.2. The highest BCUT2D eigenvalue weighted by Gasteiger charge is 2.23. The second-order valence-electron chi connectivity index (χ2n) is 9.46. The standard InChI is InChI=1S/C31H28N4OS2/c32-28-24-17-23-19-35(18-21-9-3-1-4-10-21)16-15-25(23)34-31(24)38-29(28)30(36)33-26-13-7-8-14-27(26)37-20-22-11-5-2-6-12-22/h1-14,17H,15-16,18-20,32H2,(H,33,36). The molecular weight excluding hydrogens is 509 g/mol. The molecule has 1 amide bonds. The maximum atomic E-state index is 13.4. The average molecular weight is 537 g/mol. The number of thiophene rings is 1. The zero-order valence-electron chi connectivity index (χ0n) is 20.9. The average Bonchev–Trinajstić information content (AvgIpc) is 3.27. The van der Waals surface area contributed by atoms with Gasteiger partial charge < -0.3 is 11.1 Å². The number of nitrogens with zero attached hydrogens (tertiary/aromatic N) is 2. The molecule has 3 aromatic carbocycles.